The third-order valence-electron chi connectivity index (χ3n) is 5.63. The lowest BCUT2D eigenvalue weighted by molar-refractivity contribution is -0.137. The number of benzene rings is 2. The van der Waals surface area contributed by atoms with Gasteiger partial charge in [0, 0.05) is 31.1 Å². The van der Waals surface area contributed by atoms with Crippen LogP contribution in [0.25, 0.3) is 0 Å². The molecule has 2 aliphatic rings. The first-order valence-electron chi connectivity index (χ1n) is 9.85. The molecule has 0 aromatic heterocycles. The number of ether oxygens (including phenoxy) is 1. The standard InChI is InChI=1S/C23H23BrF3NO/c24-20-8-4-10-29-22(13-20)18-12-17-6-1-2-9-21(17)28(15-18)14-16-5-3-7-19(11-16)23(25,26)27/h1-3,5-9,11,18,22H,4,10,12-15H2/t18-,22+/m1/s1. The fourth-order valence-corrected chi connectivity index (χ4v) is 4.81. The highest BCUT2D eigenvalue weighted by molar-refractivity contribution is 9.11. The fraction of sp³-hybridized carbons (Fsp3) is 0.391. The van der Waals surface area contributed by atoms with Gasteiger partial charge in [-0.3, -0.25) is 0 Å². The van der Waals surface area contributed by atoms with Gasteiger partial charge < -0.3 is 9.64 Å². The van der Waals surface area contributed by atoms with Gasteiger partial charge in [-0.15, -0.1) is 0 Å². The molecule has 0 saturated heterocycles. The summed E-state index contributed by atoms with van der Waals surface area (Å²) in [6.07, 6.45) is 0.585. The third-order valence-corrected chi connectivity index (χ3v) is 6.28. The van der Waals surface area contributed by atoms with Crippen LogP contribution in [0.2, 0.25) is 0 Å². The van der Waals surface area contributed by atoms with Gasteiger partial charge in [0.25, 0.3) is 0 Å². The minimum Gasteiger partial charge on any atom is -0.377 e. The van der Waals surface area contributed by atoms with Crippen LogP contribution in [-0.2, 0) is 23.9 Å². The van der Waals surface area contributed by atoms with E-state index in [2.05, 4.69) is 39.0 Å². The van der Waals surface area contributed by atoms with Crippen molar-refractivity contribution in [3.63, 3.8) is 0 Å². The molecule has 29 heavy (non-hydrogen) atoms. The summed E-state index contributed by atoms with van der Waals surface area (Å²) in [4.78, 5) is 2.20. The van der Waals surface area contributed by atoms with Gasteiger partial charge >= 0.3 is 6.18 Å². The molecule has 4 rings (SSSR count). The highest BCUT2D eigenvalue weighted by Gasteiger charge is 2.33. The molecule has 0 fully saturated rings. The molecular weight excluding hydrogens is 443 g/mol. The molecule has 0 spiro atoms. The van der Waals surface area contributed by atoms with E-state index in [0.717, 1.165) is 37.6 Å². The summed E-state index contributed by atoms with van der Waals surface area (Å²) in [5, 5.41) is 0. The Kier molecular flexibility index (Phi) is 6.02. The van der Waals surface area contributed by atoms with Gasteiger partial charge in [0.05, 0.1) is 18.3 Å². The molecule has 0 N–H and O–H groups in total. The average Bonchev–Trinajstić information content (AvgIpc) is 2.92. The van der Waals surface area contributed by atoms with Gasteiger partial charge in [-0.1, -0.05) is 52.3 Å². The summed E-state index contributed by atoms with van der Waals surface area (Å²) >= 11 is 3.63. The Morgan fingerprint density at radius 2 is 1.90 bits per heavy atom. The predicted molar refractivity (Wildman–Crippen MR) is 112 cm³/mol. The maximum Gasteiger partial charge on any atom is 0.416 e. The number of fused-ring (bicyclic) bond motifs is 1. The summed E-state index contributed by atoms with van der Waals surface area (Å²) in [5.74, 6) is 0.287. The van der Waals surface area contributed by atoms with Gasteiger partial charge in [0.1, 0.15) is 0 Å². The van der Waals surface area contributed by atoms with E-state index in [1.165, 1.54) is 22.2 Å². The molecule has 2 aromatic carbocycles. The third kappa shape index (κ3) is 4.86. The average molecular weight is 466 g/mol. The summed E-state index contributed by atoms with van der Waals surface area (Å²) in [5.41, 5.74) is 2.39. The van der Waals surface area contributed by atoms with Crippen LogP contribution in [0.5, 0.6) is 0 Å². The van der Waals surface area contributed by atoms with E-state index >= 15 is 0 Å². The summed E-state index contributed by atoms with van der Waals surface area (Å²) in [6, 6.07) is 13.8. The van der Waals surface area contributed by atoms with E-state index in [0.29, 0.717) is 18.7 Å². The van der Waals surface area contributed by atoms with Gasteiger partial charge in [-0.25, -0.2) is 0 Å². The quantitative estimate of drug-likeness (QED) is 0.524. The Labute approximate surface area is 177 Å². The second-order valence-electron chi connectivity index (χ2n) is 7.72. The van der Waals surface area contributed by atoms with Crippen LogP contribution in [0.3, 0.4) is 0 Å². The number of hydrogen-bond donors (Lipinski definition) is 0. The van der Waals surface area contributed by atoms with Crippen molar-refractivity contribution < 1.29 is 17.9 Å². The number of para-hydroxylation sites is 1. The van der Waals surface area contributed by atoms with Gasteiger partial charge in [-0.05, 0) is 46.7 Å². The Balaban J connectivity index is 1.59. The molecule has 0 amide bonds. The van der Waals surface area contributed by atoms with Gasteiger partial charge in [0.15, 0.2) is 0 Å². The zero-order chi connectivity index (χ0) is 20.4. The zero-order valence-electron chi connectivity index (χ0n) is 16.0. The smallest absolute Gasteiger partial charge is 0.377 e. The normalized spacial score (nSPS) is 22.6. The lowest BCUT2D eigenvalue weighted by Gasteiger charge is -2.39. The maximum absolute atomic E-state index is 13.1. The van der Waals surface area contributed by atoms with E-state index in [4.69, 9.17) is 4.74 Å². The lowest BCUT2D eigenvalue weighted by atomic mass is 9.86. The molecule has 2 heterocycles. The highest BCUT2D eigenvalue weighted by atomic mass is 79.9. The van der Waals surface area contributed by atoms with Crippen molar-refractivity contribution in [1.82, 2.24) is 0 Å². The van der Waals surface area contributed by atoms with Crippen molar-refractivity contribution in [2.45, 2.75) is 38.1 Å². The molecule has 2 aliphatic heterocycles. The Morgan fingerprint density at radius 3 is 2.72 bits per heavy atom. The van der Waals surface area contributed by atoms with Crippen LogP contribution in [0.1, 0.15) is 29.5 Å². The van der Waals surface area contributed by atoms with Crippen molar-refractivity contribution in [3.05, 3.63) is 75.8 Å². The summed E-state index contributed by atoms with van der Waals surface area (Å²) in [6.45, 7) is 1.91. The van der Waals surface area contributed by atoms with Crippen LogP contribution in [0.4, 0.5) is 18.9 Å². The monoisotopic (exact) mass is 465 g/mol. The summed E-state index contributed by atoms with van der Waals surface area (Å²) in [7, 11) is 0. The number of anilines is 1. The van der Waals surface area contributed by atoms with Crippen LogP contribution in [-0.4, -0.2) is 19.3 Å². The Morgan fingerprint density at radius 1 is 1.07 bits per heavy atom. The molecule has 2 aromatic rings. The van der Waals surface area contributed by atoms with Crippen LogP contribution < -0.4 is 4.90 Å². The predicted octanol–water partition coefficient (Wildman–Crippen LogP) is 6.34. The van der Waals surface area contributed by atoms with Gasteiger partial charge in [-0.2, -0.15) is 13.2 Å². The van der Waals surface area contributed by atoms with Gasteiger partial charge in [0.2, 0.25) is 0 Å². The molecule has 0 aliphatic carbocycles. The van der Waals surface area contributed by atoms with Crippen molar-refractivity contribution in [2.24, 2.45) is 5.92 Å². The topological polar surface area (TPSA) is 12.5 Å². The fourth-order valence-electron chi connectivity index (χ4n) is 4.26. The van der Waals surface area contributed by atoms with E-state index in [1.807, 2.05) is 12.1 Å². The molecule has 2 nitrogen and oxygen atoms in total. The van der Waals surface area contributed by atoms with Crippen LogP contribution in [0.15, 0.2) is 59.1 Å². The molecule has 0 bridgehead atoms. The maximum atomic E-state index is 13.1. The van der Waals surface area contributed by atoms with Crippen LogP contribution >= 0.6 is 15.9 Å². The Hall–Kier alpha value is -1.79. The van der Waals surface area contributed by atoms with E-state index in [9.17, 15) is 13.2 Å². The first kappa shape index (κ1) is 20.5. The largest absolute Gasteiger partial charge is 0.416 e. The van der Waals surface area contributed by atoms with Crippen LogP contribution in [0, 0.1) is 5.92 Å². The molecule has 0 unspecified atom stereocenters. The minimum absolute atomic E-state index is 0.0977. The van der Waals surface area contributed by atoms with Crippen molar-refractivity contribution in [1.29, 1.82) is 0 Å². The molecule has 0 saturated carbocycles. The number of hydrogen-bond acceptors (Lipinski definition) is 2. The SMILES string of the molecule is FC(F)(F)c1cccc(CN2C[C@H]([C@@H]3CC(Br)=CCCO3)Cc3ccccc32)c1. The Bertz CT molecular complexity index is 896. The lowest BCUT2D eigenvalue weighted by Crippen LogP contribution is -2.41. The van der Waals surface area contributed by atoms with E-state index in [-0.39, 0.29) is 12.0 Å². The second-order valence-corrected chi connectivity index (χ2v) is 8.74. The molecule has 2 atom stereocenters. The molecular formula is C23H23BrF3NO. The van der Waals surface area contributed by atoms with Crippen molar-refractivity contribution in [2.75, 3.05) is 18.1 Å². The highest BCUT2D eigenvalue weighted by Crippen LogP contribution is 2.36. The molecule has 154 valence electrons. The van der Waals surface area contributed by atoms with E-state index in [1.54, 1.807) is 6.07 Å². The van der Waals surface area contributed by atoms with Crippen molar-refractivity contribution >= 4 is 21.6 Å². The second kappa shape index (κ2) is 8.52. The first-order valence-corrected chi connectivity index (χ1v) is 10.6. The minimum atomic E-state index is -4.33. The van der Waals surface area contributed by atoms with Crippen molar-refractivity contribution in [3.8, 4) is 0 Å². The number of alkyl halides is 3. The number of rotatable bonds is 3. The molecule has 0 radical (unpaired) electrons. The zero-order valence-corrected chi connectivity index (χ0v) is 17.5. The van der Waals surface area contributed by atoms with E-state index < -0.39 is 11.7 Å². The first-order chi connectivity index (χ1) is 13.9. The number of nitrogens with zero attached hydrogens (tertiary/aromatic N) is 1. The number of halogens is 4. The molecule has 6 heteroatoms. The summed E-state index contributed by atoms with van der Waals surface area (Å²) < 4.78 is 46.7.